The van der Waals surface area contributed by atoms with Gasteiger partial charge in [0.15, 0.2) is 0 Å². The third kappa shape index (κ3) is 2.05. The van der Waals surface area contributed by atoms with Gasteiger partial charge in [0.05, 0.1) is 12.8 Å². The molecule has 13 heavy (non-hydrogen) atoms. The molecule has 0 aliphatic heterocycles. The van der Waals surface area contributed by atoms with Crippen LogP contribution in [0.2, 0.25) is 0 Å². The van der Waals surface area contributed by atoms with Gasteiger partial charge >= 0.3 is 5.97 Å². The van der Waals surface area contributed by atoms with E-state index in [1.165, 1.54) is 7.11 Å². The molecule has 0 bridgehead atoms. The van der Waals surface area contributed by atoms with E-state index >= 15 is 0 Å². The molecule has 0 aliphatic rings. The first-order chi connectivity index (χ1) is 6.06. The zero-order chi connectivity index (χ0) is 10.0. The molecule has 0 saturated carbocycles. The van der Waals surface area contributed by atoms with Crippen molar-refractivity contribution in [1.82, 2.24) is 4.98 Å². The van der Waals surface area contributed by atoms with Crippen molar-refractivity contribution < 1.29 is 14.6 Å². The van der Waals surface area contributed by atoms with Crippen LogP contribution in [-0.4, -0.2) is 23.2 Å². The Hall–Kier alpha value is -0.940. The second-order valence-electron chi connectivity index (χ2n) is 2.63. The summed E-state index contributed by atoms with van der Waals surface area (Å²) in [5, 5.41) is 9.75. The molecular formula is C8H11NO3S. The summed E-state index contributed by atoms with van der Waals surface area (Å²) >= 11 is 1.16. The number of carbonyl (C=O) groups is 1. The number of carbonyl (C=O) groups excluding carboxylic acids is 1. The fourth-order valence-corrected chi connectivity index (χ4v) is 1.80. The quantitative estimate of drug-likeness (QED) is 0.732. The second kappa shape index (κ2) is 3.85. The van der Waals surface area contributed by atoms with Crippen LogP contribution < -0.4 is 0 Å². The molecule has 1 unspecified atom stereocenters. The summed E-state index contributed by atoms with van der Waals surface area (Å²) in [6, 6.07) is 0. The SMILES string of the molecule is COC(=O)c1sc(C(C)O)nc1C. The minimum Gasteiger partial charge on any atom is -0.465 e. The normalized spacial score (nSPS) is 12.6. The lowest BCUT2D eigenvalue weighted by Gasteiger charge is -1.95. The average Bonchev–Trinajstić information content (AvgIpc) is 2.46. The molecule has 0 fully saturated rings. The van der Waals surface area contributed by atoms with E-state index in [1.54, 1.807) is 13.8 Å². The molecule has 4 nitrogen and oxygen atoms in total. The van der Waals surface area contributed by atoms with E-state index in [4.69, 9.17) is 0 Å². The van der Waals surface area contributed by atoms with Gasteiger partial charge in [-0.15, -0.1) is 11.3 Å². The number of methoxy groups -OCH3 is 1. The number of rotatable bonds is 2. The van der Waals surface area contributed by atoms with E-state index in [0.717, 1.165) is 11.3 Å². The number of nitrogens with zero attached hydrogens (tertiary/aromatic N) is 1. The highest BCUT2D eigenvalue weighted by Crippen LogP contribution is 2.23. The summed E-state index contributed by atoms with van der Waals surface area (Å²) in [6.07, 6.45) is -0.637. The number of aromatic nitrogens is 1. The molecule has 0 spiro atoms. The summed E-state index contributed by atoms with van der Waals surface area (Å²) in [4.78, 5) is 15.6. The van der Waals surface area contributed by atoms with Gasteiger partial charge in [0, 0.05) is 0 Å². The highest BCUT2D eigenvalue weighted by molar-refractivity contribution is 7.13. The second-order valence-corrected chi connectivity index (χ2v) is 3.66. The molecular weight excluding hydrogens is 190 g/mol. The molecule has 0 radical (unpaired) electrons. The maximum Gasteiger partial charge on any atom is 0.349 e. The van der Waals surface area contributed by atoms with Gasteiger partial charge in [0.2, 0.25) is 0 Å². The van der Waals surface area contributed by atoms with Crippen molar-refractivity contribution in [3.63, 3.8) is 0 Å². The van der Waals surface area contributed by atoms with Crippen molar-refractivity contribution in [2.75, 3.05) is 7.11 Å². The largest absolute Gasteiger partial charge is 0.465 e. The van der Waals surface area contributed by atoms with Gasteiger partial charge < -0.3 is 9.84 Å². The highest BCUT2D eigenvalue weighted by Gasteiger charge is 2.17. The Morgan fingerprint density at radius 1 is 1.69 bits per heavy atom. The van der Waals surface area contributed by atoms with Crippen molar-refractivity contribution in [2.24, 2.45) is 0 Å². The van der Waals surface area contributed by atoms with E-state index < -0.39 is 12.1 Å². The van der Waals surface area contributed by atoms with E-state index in [9.17, 15) is 9.90 Å². The number of thiazole rings is 1. The average molecular weight is 201 g/mol. The first-order valence-electron chi connectivity index (χ1n) is 3.80. The molecule has 0 amide bonds. The Balaban J connectivity index is 3.03. The summed E-state index contributed by atoms with van der Waals surface area (Å²) < 4.78 is 4.56. The zero-order valence-corrected chi connectivity index (χ0v) is 8.51. The first kappa shape index (κ1) is 10.1. The lowest BCUT2D eigenvalue weighted by molar-refractivity contribution is 0.0605. The summed E-state index contributed by atoms with van der Waals surface area (Å²) in [5.74, 6) is -0.401. The predicted molar refractivity (Wildman–Crippen MR) is 48.8 cm³/mol. The fourth-order valence-electron chi connectivity index (χ4n) is 0.878. The van der Waals surface area contributed by atoms with Crippen molar-refractivity contribution in [2.45, 2.75) is 20.0 Å². The van der Waals surface area contributed by atoms with Gasteiger partial charge in [0.25, 0.3) is 0 Å². The third-order valence-corrected chi connectivity index (χ3v) is 2.85. The number of hydrogen-bond acceptors (Lipinski definition) is 5. The third-order valence-electron chi connectivity index (χ3n) is 1.54. The maximum absolute atomic E-state index is 11.1. The van der Waals surface area contributed by atoms with Crippen molar-refractivity contribution in [3.8, 4) is 0 Å². The van der Waals surface area contributed by atoms with E-state index in [0.29, 0.717) is 15.6 Å². The van der Waals surface area contributed by atoms with Crippen LogP contribution in [0, 0.1) is 6.92 Å². The summed E-state index contributed by atoms with van der Waals surface area (Å²) in [5.41, 5.74) is 0.604. The number of esters is 1. The first-order valence-corrected chi connectivity index (χ1v) is 4.61. The molecule has 1 N–H and O–H groups in total. The predicted octanol–water partition coefficient (Wildman–Crippen LogP) is 1.29. The Morgan fingerprint density at radius 2 is 2.31 bits per heavy atom. The molecule has 1 heterocycles. The highest BCUT2D eigenvalue weighted by atomic mass is 32.1. The fraction of sp³-hybridized carbons (Fsp3) is 0.500. The van der Waals surface area contributed by atoms with Gasteiger partial charge in [-0.2, -0.15) is 0 Å². The van der Waals surface area contributed by atoms with Gasteiger partial charge in [-0.25, -0.2) is 9.78 Å². The molecule has 1 atom stereocenters. The monoisotopic (exact) mass is 201 g/mol. The summed E-state index contributed by atoms with van der Waals surface area (Å²) in [7, 11) is 1.32. The van der Waals surface area contributed by atoms with Crippen LogP contribution in [0.5, 0.6) is 0 Å². The van der Waals surface area contributed by atoms with E-state index in [1.807, 2.05) is 0 Å². The standard InChI is InChI=1S/C8H11NO3S/c1-4-6(8(11)12-3)13-7(9-4)5(2)10/h5,10H,1-3H3. The van der Waals surface area contributed by atoms with Crippen LogP contribution in [0.15, 0.2) is 0 Å². The van der Waals surface area contributed by atoms with E-state index in [-0.39, 0.29) is 0 Å². The van der Waals surface area contributed by atoms with Crippen molar-refractivity contribution in [3.05, 3.63) is 15.6 Å². The van der Waals surface area contributed by atoms with E-state index in [2.05, 4.69) is 9.72 Å². The van der Waals surface area contributed by atoms with Crippen LogP contribution in [-0.2, 0) is 4.74 Å². The summed E-state index contributed by atoms with van der Waals surface area (Å²) in [6.45, 7) is 3.33. The number of ether oxygens (including phenoxy) is 1. The molecule has 5 heteroatoms. The molecule has 72 valence electrons. The Labute approximate surface area is 80.2 Å². The molecule has 1 aromatic rings. The molecule has 1 rings (SSSR count). The number of aryl methyl sites for hydroxylation is 1. The van der Waals surface area contributed by atoms with Crippen LogP contribution in [0.4, 0.5) is 0 Å². The Bertz CT molecular complexity index is 319. The molecule has 0 aromatic carbocycles. The Morgan fingerprint density at radius 3 is 2.69 bits per heavy atom. The number of aliphatic hydroxyl groups excluding tert-OH is 1. The van der Waals surface area contributed by atoms with Gasteiger partial charge in [-0.1, -0.05) is 0 Å². The van der Waals surface area contributed by atoms with Crippen LogP contribution in [0.25, 0.3) is 0 Å². The minimum atomic E-state index is -0.637. The van der Waals surface area contributed by atoms with Crippen molar-refractivity contribution >= 4 is 17.3 Å². The Kier molecular flexibility index (Phi) is 3.00. The number of aliphatic hydroxyl groups is 1. The lowest BCUT2D eigenvalue weighted by atomic mass is 10.4. The maximum atomic E-state index is 11.1. The number of hydrogen-bond donors (Lipinski definition) is 1. The van der Waals surface area contributed by atoms with Crippen LogP contribution in [0.1, 0.15) is 33.4 Å². The van der Waals surface area contributed by atoms with Gasteiger partial charge in [0.1, 0.15) is 16.0 Å². The van der Waals surface area contributed by atoms with Gasteiger partial charge in [-0.05, 0) is 13.8 Å². The molecule has 1 aromatic heterocycles. The molecule has 0 saturated heterocycles. The minimum absolute atomic E-state index is 0.401. The van der Waals surface area contributed by atoms with Crippen LogP contribution >= 0.6 is 11.3 Å². The van der Waals surface area contributed by atoms with Gasteiger partial charge in [-0.3, -0.25) is 0 Å². The van der Waals surface area contributed by atoms with Crippen LogP contribution in [0.3, 0.4) is 0 Å². The topological polar surface area (TPSA) is 59.4 Å². The zero-order valence-electron chi connectivity index (χ0n) is 7.70. The van der Waals surface area contributed by atoms with Crippen molar-refractivity contribution in [1.29, 1.82) is 0 Å². The lowest BCUT2D eigenvalue weighted by Crippen LogP contribution is -1.99. The molecule has 0 aliphatic carbocycles. The smallest absolute Gasteiger partial charge is 0.349 e.